The van der Waals surface area contributed by atoms with Gasteiger partial charge in [-0.05, 0) is 0 Å². The van der Waals surface area contributed by atoms with Crippen molar-refractivity contribution < 1.29 is 50.0 Å². The van der Waals surface area contributed by atoms with Gasteiger partial charge in [-0.25, -0.2) is 0 Å². The van der Waals surface area contributed by atoms with E-state index in [4.69, 9.17) is 15.2 Å². The molecule has 0 bridgehead atoms. The number of nitrogens with two attached hydrogens (primary N) is 1. The maximum absolute atomic E-state index is 11.4. The molecule has 2 aliphatic heterocycles. The van der Waals surface area contributed by atoms with Crippen LogP contribution in [0.1, 0.15) is 6.92 Å². The highest BCUT2D eigenvalue weighted by atomic mass is 16.6. The van der Waals surface area contributed by atoms with E-state index in [-0.39, 0.29) is 0 Å². The van der Waals surface area contributed by atoms with Crippen molar-refractivity contribution in [2.45, 2.75) is 74.1 Å². The number of nitrogens with one attached hydrogen (secondary N) is 1. The first kappa shape index (κ1) is 21.4. The maximum atomic E-state index is 11.4. The van der Waals surface area contributed by atoms with Crippen LogP contribution in [0.4, 0.5) is 0 Å². The Morgan fingerprint density at radius 1 is 1.04 bits per heavy atom. The van der Waals surface area contributed by atoms with Crippen molar-refractivity contribution in [1.82, 2.24) is 5.32 Å². The number of carbonyl (C=O) groups is 1. The van der Waals surface area contributed by atoms with Crippen molar-refractivity contribution in [3.63, 3.8) is 0 Å². The van der Waals surface area contributed by atoms with Crippen molar-refractivity contribution in [3.05, 3.63) is 0 Å². The van der Waals surface area contributed by atoms with E-state index in [2.05, 4.69) is 5.32 Å². The molecule has 0 aromatic rings. The minimum absolute atomic E-state index is 0.600. The van der Waals surface area contributed by atoms with Crippen molar-refractivity contribution in [2.75, 3.05) is 6.61 Å². The van der Waals surface area contributed by atoms with Gasteiger partial charge in [0, 0.05) is 6.92 Å². The van der Waals surface area contributed by atoms with E-state index >= 15 is 0 Å². The number of aliphatic hydroxyl groups is 7. The molecule has 12 heteroatoms. The summed E-state index contributed by atoms with van der Waals surface area (Å²) < 4.78 is 10.4. The van der Waals surface area contributed by atoms with Gasteiger partial charge in [-0.15, -0.1) is 0 Å². The quantitative estimate of drug-likeness (QED) is 0.223. The number of hydrogen-bond acceptors (Lipinski definition) is 11. The molecule has 152 valence electrons. The van der Waals surface area contributed by atoms with Crippen molar-refractivity contribution >= 4 is 5.91 Å². The normalized spacial score (nSPS) is 48.0. The molecular weight excluding hydrogens is 356 g/mol. The lowest BCUT2D eigenvalue weighted by Crippen LogP contribution is -2.71. The van der Waals surface area contributed by atoms with Gasteiger partial charge in [0.1, 0.15) is 48.8 Å². The van der Waals surface area contributed by atoms with E-state index in [0.717, 1.165) is 6.92 Å². The van der Waals surface area contributed by atoms with Gasteiger partial charge >= 0.3 is 0 Å². The molecule has 0 aliphatic carbocycles. The maximum Gasteiger partial charge on any atom is 0.217 e. The van der Waals surface area contributed by atoms with Crippen LogP contribution in [0.2, 0.25) is 0 Å². The average molecular weight is 382 g/mol. The van der Waals surface area contributed by atoms with Gasteiger partial charge in [-0.2, -0.15) is 0 Å². The second kappa shape index (κ2) is 8.39. The van der Waals surface area contributed by atoms with E-state index in [1.807, 2.05) is 0 Å². The summed E-state index contributed by atoms with van der Waals surface area (Å²) in [6.07, 6.45) is -14.3. The Morgan fingerprint density at radius 2 is 1.65 bits per heavy atom. The lowest BCUT2D eigenvalue weighted by atomic mass is 9.85. The summed E-state index contributed by atoms with van der Waals surface area (Å²) in [4.78, 5) is 11.4. The van der Waals surface area contributed by atoms with Crippen LogP contribution < -0.4 is 11.1 Å². The summed E-state index contributed by atoms with van der Waals surface area (Å²) >= 11 is 0. The highest BCUT2D eigenvalue weighted by Crippen LogP contribution is 2.29. The van der Waals surface area contributed by atoms with E-state index in [9.17, 15) is 40.5 Å². The van der Waals surface area contributed by atoms with E-state index in [1.54, 1.807) is 0 Å². The molecule has 2 rings (SSSR count). The Kier molecular flexibility index (Phi) is 6.90. The minimum atomic E-state index is -1.77. The SMILES string of the molecule is CC(=O)N[C@@H]1[C@@H](O)[C@H](O)[C@@H](CO)O[C@H]1C(O)[C@H]1O[C@H](O)[C@H](N)[C@@H](O)[C@@H]1O. The standard InChI is InChI=1S/C14H26N2O10/c1-3(18)16-6-9(21)7(19)4(2-17)25-12(6)11(23)13-10(22)8(20)5(15)14(24)26-13/h4-14,17,19-24H,2,15H2,1H3,(H,16,18)/t4-,5-,6-,7-,8-,9-,10+,11?,12-,13+,14+/m1/s1. The third kappa shape index (κ3) is 3.99. The fourth-order valence-electron chi connectivity index (χ4n) is 3.23. The van der Waals surface area contributed by atoms with Crippen LogP contribution in [0, 0.1) is 0 Å². The van der Waals surface area contributed by atoms with Crippen molar-refractivity contribution in [1.29, 1.82) is 0 Å². The Labute approximate surface area is 148 Å². The smallest absolute Gasteiger partial charge is 0.217 e. The predicted octanol–water partition coefficient (Wildman–Crippen LogP) is -5.90. The number of hydrogen-bond donors (Lipinski definition) is 9. The Balaban J connectivity index is 2.27. The molecule has 2 heterocycles. The Morgan fingerprint density at radius 3 is 2.19 bits per heavy atom. The summed E-state index contributed by atoms with van der Waals surface area (Å²) in [6.45, 7) is 0.442. The first-order valence-corrected chi connectivity index (χ1v) is 8.13. The van der Waals surface area contributed by atoms with Crippen LogP contribution in [0.25, 0.3) is 0 Å². The van der Waals surface area contributed by atoms with Gasteiger partial charge in [0.05, 0.1) is 18.7 Å². The van der Waals surface area contributed by atoms with Crippen molar-refractivity contribution in [2.24, 2.45) is 5.73 Å². The third-order valence-corrected chi connectivity index (χ3v) is 4.71. The predicted molar refractivity (Wildman–Crippen MR) is 82.2 cm³/mol. The molecule has 11 atom stereocenters. The molecule has 1 amide bonds. The Hall–Kier alpha value is -0.930. The zero-order valence-electron chi connectivity index (χ0n) is 14.0. The highest BCUT2D eigenvalue weighted by molar-refractivity contribution is 5.73. The van der Waals surface area contributed by atoms with Gasteiger partial charge < -0.3 is 56.3 Å². The second-order valence-electron chi connectivity index (χ2n) is 6.57. The third-order valence-electron chi connectivity index (χ3n) is 4.71. The number of carbonyl (C=O) groups excluding carboxylic acids is 1. The largest absolute Gasteiger partial charge is 0.394 e. The molecule has 2 aliphatic rings. The molecule has 0 aromatic heterocycles. The fourth-order valence-corrected chi connectivity index (χ4v) is 3.23. The van der Waals surface area contributed by atoms with Gasteiger partial charge in [0.2, 0.25) is 5.91 Å². The molecule has 1 unspecified atom stereocenters. The van der Waals surface area contributed by atoms with E-state index in [0.29, 0.717) is 0 Å². The first-order chi connectivity index (χ1) is 12.1. The summed E-state index contributed by atoms with van der Waals surface area (Å²) in [6, 6.07) is -2.63. The number of ether oxygens (including phenoxy) is 2. The molecule has 0 aromatic carbocycles. The van der Waals surface area contributed by atoms with Crippen molar-refractivity contribution in [3.8, 4) is 0 Å². The Bertz CT molecular complexity index is 496. The van der Waals surface area contributed by atoms with Crippen LogP contribution >= 0.6 is 0 Å². The molecule has 2 fully saturated rings. The van der Waals surface area contributed by atoms with E-state index < -0.39 is 79.7 Å². The molecular formula is C14H26N2O10. The van der Waals surface area contributed by atoms with Crippen LogP contribution in [-0.2, 0) is 14.3 Å². The van der Waals surface area contributed by atoms with Crippen LogP contribution in [0.5, 0.6) is 0 Å². The molecule has 10 N–H and O–H groups in total. The lowest BCUT2D eigenvalue weighted by molar-refractivity contribution is -0.288. The van der Waals surface area contributed by atoms with E-state index in [1.165, 1.54) is 0 Å². The monoisotopic (exact) mass is 382 g/mol. The number of rotatable bonds is 4. The van der Waals surface area contributed by atoms with Crippen LogP contribution in [-0.4, -0.2) is 115 Å². The molecule has 2 saturated heterocycles. The molecule has 12 nitrogen and oxygen atoms in total. The van der Waals surface area contributed by atoms with Gasteiger partial charge in [-0.3, -0.25) is 4.79 Å². The summed E-state index contributed by atoms with van der Waals surface area (Å²) in [5.74, 6) is -0.600. The van der Waals surface area contributed by atoms with Gasteiger partial charge in [0.25, 0.3) is 0 Å². The fraction of sp³-hybridized carbons (Fsp3) is 0.929. The number of amides is 1. The molecule has 0 radical (unpaired) electrons. The summed E-state index contributed by atoms with van der Waals surface area (Å²) in [5, 5.41) is 72.1. The molecule has 0 spiro atoms. The topological polar surface area (TPSA) is 215 Å². The second-order valence-corrected chi connectivity index (χ2v) is 6.57. The van der Waals surface area contributed by atoms with Gasteiger partial charge in [0.15, 0.2) is 6.29 Å². The minimum Gasteiger partial charge on any atom is -0.394 e. The lowest BCUT2D eigenvalue weighted by Gasteiger charge is -2.48. The zero-order chi connectivity index (χ0) is 19.8. The summed E-state index contributed by atoms with van der Waals surface area (Å²) in [5.41, 5.74) is 5.47. The number of aliphatic hydroxyl groups excluding tert-OH is 7. The van der Waals surface area contributed by atoms with Crippen LogP contribution in [0.3, 0.4) is 0 Å². The molecule has 0 saturated carbocycles. The molecule has 26 heavy (non-hydrogen) atoms. The van der Waals surface area contributed by atoms with Gasteiger partial charge in [-0.1, -0.05) is 0 Å². The zero-order valence-corrected chi connectivity index (χ0v) is 14.0. The van der Waals surface area contributed by atoms with Crippen LogP contribution in [0.15, 0.2) is 0 Å². The first-order valence-electron chi connectivity index (χ1n) is 8.13. The average Bonchev–Trinajstić information content (AvgIpc) is 2.59. The summed E-state index contributed by atoms with van der Waals surface area (Å²) in [7, 11) is 0. The highest BCUT2D eigenvalue weighted by Gasteiger charge is 2.53.